The topological polar surface area (TPSA) is 65.7 Å². The average Bonchev–Trinajstić information content (AvgIpc) is 3.50. The molecule has 1 saturated heterocycles. The van der Waals surface area contributed by atoms with E-state index in [1.54, 1.807) is 13.3 Å². The first-order valence-corrected chi connectivity index (χ1v) is 11.0. The second kappa shape index (κ2) is 10.3. The van der Waals surface area contributed by atoms with E-state index >= 15 is 0 Å². The first-order valence-electron chi connectivity index (χ1n) is 11.0. The summed E-state index contributed by atoms with van der Waals surface area (Å²) in [6, 6.07) is 19.2. The molecule has 1 aliphatic heterocycles. The lowest BCUT2D eigenvalue weighted by atomic mass is 10.1. The third-order valence-corrected chi connectivity index (χ3v) is 5.74. The molecule has 1 fully saturated rings. The van der Waals surface area contributed by atoms with E-state index in [0.29, 0.717) is 18.5 Å². The van der Waals surface area contributed by atoms with Gasteiger partial charge in [0.25, 0.3) is 0 Å². The minimum absolute atomic E-state index is 0.336. The lowest BCUT2D eigenvalue weighted by Gasteiger charge is -2.28. The smallest absolute Gasteiger partial charge is 0.226 e. The largest absolute Gasteiger partial charge is 0.444 e. The van der Waals surface area contributed by atoms with Gasteiger partial charge in [0.05, 0.1) is 18.3 Å². The fourth-order valence-electron chi connectivity index (χ4n) is 3.99. The van der Waals surface area contributed by atoms with Crippen molar-refractivity contribution in [2.45, 2.75) is 32.4 Å². The van der Waals surface area contributed by atoms with Gasteiger partial charge in [-0.25, -0.2) is 4.98 Å². The van der Waals surface area contributed by atoms with Crippen LogP contribution in [0.2, 0.25) is 0 Å². The summed E-state index contributed by atoms with van der Waals surface area (Å²) in [5, 5.41) is 6.85. The van der Waals surface area contributed by atoms with Crippen molar-refractivity contribution >= 4 is 5.96 Å². The van der Waals surface area contributed by atoms with Gasteiger partial charge < -0.3 is 15.1 Å². The van der Waals surface area contributed by atoms with E-state index in [1.807, 2.05) is 12.1 Å². The molecule has 162 valence electrons. The Kier molecular flexibility index (Phi) is 6.99. The summed E-state index contributed by atoms with van der Waals surface area (Å²) < 4.78 is 5.66. The first-order chi connectivity index (χ1) is 15.2. The van der Waals surface area contributed by atoms with Crippen LogP contribution in [0.25, 0.3) is 11.5 Å². The van der Waals surface area contributed by atoms with Crippen molar-refractivity contribution in [1.82, 2.24) is 20.5 Å². The van der Waals surface area contributed by atoms with Crippen molar-refractivity contribution in [1.29, 1.82) is 0 Å². The van der Waals surface area contributed by atoms with Gasteiger partial charge in [-0.05, 0) is 50.6 Å². The van der Waals surface area contributed by atoms with Crippen LogP contribution in [0.3, 0.4) is 0 Å². The number of guanidine groups is 1. The molecule has 0 bridgehead atoms. The van der Waals surface area contributed by atoms with Crippen molar-refractivity contribution in [3.63, 3.8) is 0 Å². The number of hydrogen-bond acceptors (Lipinski definition) is 4. The van der Waals surface area contributed by atoms with Gasteiger partial charge in [-0.15, -0.1) is 0 Å². The van der Waals surface area contributed by atoms with E-state index < -0.39 is 0 Å². The third kappa shape index (κ3) is 5.52. The van der Waals surface area contributed by atoms with Crippen molar-refractivity contribution in [2.24, 2.45) is 4.99 Å². The zero-order chi connectivity index (χ0) is 21.5. The van der Waals surface area contributed by atoms with Crippen LogP contribution in [0.4, 0.5) is 0 Å². The van der Waals surface area contributed by atoms with Crippen LogP contribution in [0.5, 0.6) is 0 Å². The van der Waals surface area contributed by atoms with Crippen molar-refractivity contribution in [3.05, 3.63) is 77.7 Å². The molecule has 1 atom stereocenters. The Morgan fingerprint density at radius 3 is 2.52 bits per heavy atom. The number of likely N-dealkylation sites (tertiary alicyclic amines) is 1. The minimum atomic E-state index is 0.336. The monoisotopic (exact) mass is 417 g/mol. The molecule has 6 heteroatoms. The molecule has 2 heterocycles. The van der Waals surface area contributed by atoms with E-state index in [-0.39, 0.29) is 0 Å². The normalized spacial score (nSPS) is 15.7. The molecule has 3 aromatic rings. The fraction of sp³-hybridized carbons (Fsp3) is 0.360. The van der Waals surface area contributed by atoms with E-state index in [4.69, 9.17) is 4.42 Å². The summed E-state index contributed by atoms with van der Waals surface area (Å²) in [6.45, 7) is 5.72. The van der Waals surface area contributed by atoms with Gasteiger partial charge >= 0.3 is 0 Å². The van der Waals surface area contributed by atoms with Gasteiger partial charge in [0.2, 0.25) is 5.89 Å². The van der Waals surface area contributed by atoms with Crippen molar-refractivity contribution in [2.75, 3.05) is 26.7 Å². The highest BCUT2D eigenvalue weighted by atomic mass is 16.3. The number of aromatic nitrogens is 1. The Hall–Kier alpha value is -3.12. The molecule has 1 unspecified atom stereocenters. The average molecular weight is 418 g/mol. The van der Waals surface area contributed by atoms with E-state index in [0.717, 1.165) is 36.9 Å². The molecular weight excluding hydrogens is 386 g/mol. The maximum atomic E-state index is 5.66. The first kappa shape index (κ1) is 21.1. The molecule has 1 aromatic heterocycles. The molecule has 0 radical (unpaired) electrons. The van der Waals surface area contributed by atoms with Crippen LogP contribution in [0.15, 0.2) is 70.3 Å². The summed E-state index contributed by atoms with van der Waals surface area (Å²) in [6.07, 6.45) is 4.24. The molecule has 2 aromatic carbocycles. The van der Waals surface area contributed by atoms with Gasteiger partial charge in [0.1, 0.15) is 6.26 Å². The van der Waals surface area contributed by atoms with Crippen molar-refractivity contribution in [3.8, 4) is 11.5 Å². The molecule has 0 spiro atoms. The molecule has 0 saturated carbocycles. The molecule has 2 N–H and O–H groups in total. The Balaban J connectivity index is 1.34. The standard InChI is InChI=1S/C25H31N5O/c1-19-10-12-21(13-11-19)24-29-22(18-31-24)16-27-25(26-2)28-17-23(30-14-6-7-15-30)20-8-4-3-5-9-20/h3-5,8-13,18,23H,6-7,14-17H2,1-2H3,(H2,26,27,28). The third-order valence-electron chi connectivity index (χ3n) is 5.74. The van der Waals surface area contributed by atoms with Crippen LogP contribution in [-0.4, -0.2) is 42.5 Å². The number of aliphatic imine (C=N–C) groups is 1. The van der Waals surface area contributed by atoms with Gasteiger partial charge in [-0.2, -0.15) is 0 Å². The highest BCUT2D eigenvalue weighted by Crippen LogP contribution is 2.24. The molecule has 0 amide bonds. The highest BCUT2D eigenvalue weighted by Gasteiger charge is 2.23. The van der Waals surface area contributed by atoms with Gasteiger partial charge in [-0.1, -0.05) is 48.0 Å². The number of nitrogens with one attached hydrogen (secondary N) is 2. The summed E-state index contributed by atoms with van der Waals surface area (Å²) in [7, 11) is 1.79. The second-order valence-corrected chi connectivity index (χ2v) is 7.99. The van der Waals surface area contributed by atoms with E-state index in [2.05, 4.69) is 74.9 Å². The minimum Gasteiger partial charge on any atom is -0.444 e. The predicted octanol–water partition coefficient (Wildman–Crippen LogP) is 4.15. The number of nitrogens with zero attached hydrogens (tertiary/aromatic N) is 3. The van der Waals surface area contributed by atoms with Crippen LogP contribution >= 0.6 is 0 Å². The molecule has 4 rings (SSSR count). The zero-order valence-corrected chi connectivity index (χ0v) is 18.3. The van der Waals surface area contributed by atoms with Gasteiger partial charge in [0.15, 0.2) is 5.96 Å². The number of aryl methyl sites for hydroxylation is 1. The zero-order valence-electron chi connectivity index (χ0n) is 18.3. The van der Waals surface area contributed by atoms with Crippen LogP contribution in [0, 0.1) is 6.92 Å². The summed E-state index contributed by atoms with van der Waals surface area (Å²) in [5.41, 5.74) is 4.38. The van der Waals surface area contributed by atoms with Crippen LogP contribution in [0.1, 0.15) is 35.7 Å². The van der Waals surface area contributed by atoms with Crippen LogP contribution in [-0.2, 0) is 6.54 Å². The Labute approximate surface area is 184 Å². The quantitative estimate of drug-likeness (QED) is 0.447. The van der Waals surface area contributed by atoms with Gasteiger partial charge in [-0.3, -0.25) is 9.89 Å². The Morgan fingerprint density at radius 2 is 1.81 bits per heavy atom. The number of rotatable bonds is 7. The highest BCUT2D eigenvalue weighted by molar-refractivity contribution is 5.79. The second-order valence-electron chi connectivity index (χ2n) is 7.99. The maximum Gasteiger partial charge on any atom is 0.226 e. The molecule has 31 heavy (non-hydrogen) atoms. The molecule has 1 aliphatic rings. The Morgan fingerprint density at radius 1 is 1.06 bits per heavy atom. The van der Waals surface area contributed by atoms with Gasteiger partial charge in [0, 0.05) is 19.2 Å². The lowest BCUT2D eigenvalue weighted by molar-refractivity contribution is 0.245. The summed E-state index contributed by atoms with van der Waals surface area (Å²) in [4.78, 5) is 11.5. The number of oxazole rings is 1. The molecule has 0 aliphatic carbocycles. The van der Waals surface area contributed by atoms with Crippen molar-refractivity contribution < 1.29 is 4.42 Å². The molecule has 6 nitrogen and oxygen atoms in total. The van der Waals surface area contributed by atoms with Crippen LogP contribution < -0.4 is 10.6 Å². The fourth-order valence-corrected chi connectivity index (χ4v) is 3.99. The lowest BCUT2D eigenvalue weighted by Crippen LogP contribution is -2.42. The predicted molar refractivity (Wildman–Crippen MR) is 125 cm³/mol. The SMILES string of the molecule is CN=C(NCc1coc(-c2ccc(C)cc2)n1)NCC(c1ccccc1)N1CCCC1. The maximum absolute atomic E-state index is 5.66. The van der Waals surface area contributed by atoms with E-state index in [9.17, 15) is 0 Å². The Bertz CT molecular complexity index is 975. The number of hydrogen-bond donors (Lipinski definition) is 2. The number of benzene rings is 2. The van der Waals surface area contributed by atoms with E-state index in [1.165, 1.54) is 24.0 Å². The summed E-state index contributed by atoms with van der Waals surface area (Å²) >= 11 is 0. The molecular formula is C25H31N5O. The summed E-state index contributed by atoms with van der Waals surface area (Å²) in [5.74, 6) is 1.40.